The molecule has 1 atom stereocenters. The van der Waals surface area contributed by atoms with Gasteiger partial charge in [-0.1, -0.05) is 23.7 Å². The lowest BCUT2D eigenvalue weighted by atomic mass is 9.96. The van der Waals surface area contributed by atoms with E-state index in [1.165, 1.54) is 12.7 Å². The summed E-state index contributed by atoms with van der Waals surface area (Å²) in [6, 6.07) is 7.21. The molecule has 1 saturated carbocycles. The van der Waals surface area contributed by atoms with Crippen LogP contribution in [-0.2, 0) is 14.9 Å². The first-order valence-electron chi connectivity index (χ1n) is 6.36. The average Bonchev–Trinajstić information content (AvgIpc) is 3.18. The zero-order valence-electron chi connectivity index (χ0n) is 11.4. The van der Waals surface area contributed by atoms with Gasteiger partial charge in [0.2, 0.25) is 5.91 Å². The van der Waals surface area contributed by atoms with E-state index < -0.39 is 6.04 Å². The second-order valence-corrected chi connectivity index (χ2v) is 5.50. The SMILES string of the molecule is COCC(N)C(=O)NCC1(c2ccc(Cl)cc2)CC1.Cl. The molecule has 0 bridgehead atoms. The highest BCUT2D eigenvalue weighted by atomic mass is 35.5. The van der Waals surface area contributed by atoms with Crippen molar-refractivity contribution < 1.29 is 9.53 Å². The first-order chi connectivity index (χ1) is 9.07. The molecule has 0 radical (unpaired) electrons. The molecule has 0 spiro atoms. The first kappa shape index (κ1) is 17.2. The molecular formula is C14H20Cl2N2O2. The molecule has 6 heteroatoms. The van der Waals surface area contributed by atoms with Crippen LogP contribution in [0.15, 0.2) is 24.3 Å². The number of methoxy groups -OCH3 is 1. The zero-order chi connectivity index (χ0) is 13.9. The van der Waals surface area contributed by atoms with Crippen LogP contribution in [0.25, 0.3) is 0 Å². The number of hydrogen-bond acceptors (Lipinski definition) is 3. The van der Waals surface area contributed by atoms with E-state index >= 15 is 0 Å². The maximum atomic E-state index is 11.8. The molecule has 0 aromatic heterocycles. The van der Waals surface area contributed by atoms with Crippen LogP contribution in [0.4, 0.5) is 0 Å². The van der Waals surface area contributed by atoms with Crippen molar-refractivity contribution in [2.75, 3.05) is 20.3 Å². The van der Waals surface area contributed by atoms with E-state index in [1.54, 1.807) is 0 Å². The second kappa shape index (κ2) is 7.27. The minimum Gasteiger partial charge on any atom is -0.383 e. The van der Waals surface area contributed by atoms with Crippen LogP contribution >= 0.6 is 24.0 Å². The Balaban J connectivity index is 0.00000200. The summed E-state index contributed by atoms with van der Waals surface area (Å²) in [7, 11) is 1.53. The van der Waals surface area contributed by atoms with E-state index in [2.05, 4.69) is 5.32 Å². The number of halogens is 2. The summed E-state index contributed by atoms with van der Waals surface area (Å²) in [6.45, 7) is 0.852. The topological polar surface area (TPSA) is 64.3 Å². The fourth-order valence-electron chi connectivity index (χ4n) is 2.16. The standard InChI is InChI=1S/C14H19ClN2O2.ClH/c1-19-8-12(16)13(18)17-9-14(6-7-14)10-2-4-11(15)5-3-10;/h2-5,12H,6-9,16H2,1H3,(H,17,18);1H. The van der Waals surface area contributed by atoms with E-state index in [1.807, 2.05) is 24.3 Å². The Morgan fingerprint density at radius 3 is 2.55 bits per heavy atom. The quantitative estimate of drug-likeness (QED) is 0.841. The summed E-state index contributed by atoms with van der Waals surface area (Å²) >= 11 is 5.89. The van der Waals surface area contributed by atoms with Gasteiger partial charge < -0.3 is 15.8 Å². The normalized spacial score (nSPS) is 16.9. The van der Waals surface area contributed by atoms with Crippen LogP contribution in [-0.4, -0.2) is 32.2 Å². The van der Waals surface area contributed by atoms with E-state index in [0.29, 0.717) is 6.54 Å². The summed E-state index contributed by atoms with van der Waals surface area (Å²) < 4.78 is 4.87. The van der Waals surface area contributed by atoms with Crippen molar-refractivity contribution in [1.29, 1.82) is 0 Å². The monoisotopic (exact) mass is 318 g/mol. The highest BCUT2D eigenvalue weighted by molar-refractivity contribution is 6.30. The number of carbonyl (C=O) groups is 1. The third kappa shape index (κ3) is 4.09. The Bertz CT molecular complexity index is 447. The van der Waals surface area contributed by atoms with Crippen molar-refractivity contribution in [3.05, 3.63) is 34.9 Å². The number of hydrogen-bond donors (Lipinski definition) is 2. The van der Waals surface area contributed by atoms with Gasteiger partial charge in [0.25, 0.3) is 0 Å². The minimum atomic E-state index is -0.606. The molecule has 2 rings (SSSR count). The van der Waals surface area contributed by atoms with E-state index in [0.717, 1.165) is 17.9 Å². The second-order valence-electron chi connectivity index (χ2n) is 5.07. The van der Waals surface area contributed by atoms with Gasteiger partial charge in [0, 0.05) is 24.1 Å². The first-order valence-corrected chi connectivity index (χ1v) is 6.73. The van der Waals surface area contributed by atoms with Gasteiger partial charge in [-0.25, -0.2) is 0 Å². The summed E-state index contributed by atoms with van der Waals surface area (Å²) in [5.41, 5.74) is 6.96. The number of amides is 1. The van der Waals surface area contributed by atoms with E-state index in [4.69, 9.17) is 22.1 Å². The Hall–Kier alpha value is -0.810. The van der Waals surface area contributed by atoms with Gasteiger partial charge in [0.05, 0.1) is 6.61 Å². The average molecular weight is 319 g/mol. The molecular weight excluding hydrogens is 299 g/mol. The van der Waals surface area contributed by atoms with Crippen LogP contribution in [0.3, 0.4) is 0 Å². The van der Waals surface area contributed by atoms with Crippen LogP contribution in [0, 0.1) is 0 Å². The van der Waals surface area contributed by atoms with Gasteiger partial charge in [0.15, 0.2) is 0 Å². The number of carbonyl (C=O) groups excluding carboxylic acids is 1. The third-order valence-electron chi connectivity index (χ3n) is 3.59. The number of ether oxygens (including phenoxy) is 1. The predicted molar refractivity (Wildman–Crippen MR) is 82.5 cm³/mol. The highest BCUT2D eigenvalue weighted by Gasteiger charge is 2.44. The summed E-state index contributed by atoms with van der Waals surface area (Å²) in [5.74, 6) is -0.165. The van der Waals surface area contributed by atoms with Crippen molar-refractivity contribution >= 4 is 29.9 Å². The molecule has 3 N–H and O–H groups in total. The number of nitrogens with two attached hydrogens (primary N) is 1. The maximum absolute atomic E-state index is 11.8. The van der Waals surface area contributed by atoms with E-state index in [9.17, 15) is 4.79 Å². The van der Waals surface area contributed by atoms with Gasteiger partial charge in [-0.3, -0.25) is 4.79 Å². The summed E-state index contributed by atoms with van der Waals surface area (Å²) in [6.07, 6.45) is 2.16. The largest absolute Gasteiger partial charge is 0.383 e. The molecule has 1 fully saturated rings. The maximum Gasteiger partial charge on any atom is 0.239 e. The molecule has 1 aromatic carbocycles. The van der Waals surface area contributed by atoms with Gasteiger partial charge >= 0.3 is 0 Å². The molecule has 0 aliphatic heterocycles. The number of nitrogens with one attached hydrogen (secondary N) is 1. The lowest BCUT2D eigenvalue weighted by molar-refractivity contribution is -0.123. The van der Waals surface area contributed by atoms with Crippen molar-refractivity contribution in [2.45, 2.75) is 24.3 Å². The molecule has 20 heavy (non-hydrogen) atoms. The Morgan fingerprint density at radius 2 is 2.05 bits per heavy atom. The Kier molecular flexibility index (Phi) is 6.27. The predicted octanol–water partition coefficient (Wildman–Crippen LogP) is 1.88. The van der Waals surface area contributed by atoms with Crippen molar-refractivity contribution in [3.8, 4) is 0 Å². The highest BCUT2D eigenvalue weighted by Crippen LogP contribution is 2.47. The van der Waals surface area contributed by atoms with Gasteiger partial charge in [0.1, 0.15) is 6.04 Å². The van der Waals surface area contributed by atoms with Crippen molar-refractivity contribution in [3.63, 3.8) is 0 Å². The fraction of sp³-hybridized carbons (Fsp3) is 0.500. The van der Waals surface area contributed by atoms with Crippen molar-refractivity contribution in [2.24, 2.45) is 5.73 Å². The smallest absolute Gasteiger partial charge is 0.239 e. The molecule has 0 heterocycles. The fourth-order valence-corrected chi connectivity index (χ4v) is 2.29. The van der Waals surface area contributed by atoms with Gasteiger partial charge in [-0.15, -0.1) is 12.4 Å². The Labute approximate surface area is 130 Å². The lowest BCUT2D eigenvalue weighted by Crippen LogP contribution is -2.45. The van der Waals surface area contributed by atoms with Crippen LogP contribution in [0.2, 0.25) is 5.02 Å². The van der Waals surface area contributed by atoms with Gasteiger partial charge in [-0.05, 0) is 30.5 Å². The zero-order valence-corrected chi connectivity index (χ0v) is 13.0. The summed E-state index contributed by atoms with van der Waals surface area (Å²) in [4.78, 5) is 11.8. The van der Waals surface area contributed by atoms with Crippen LogP contribution < -0.4 is 11.1 Å². The molecule has 1 amide bonds. The number of rotatable bonds is 6. The van der Waals surface area contributed by atoms with Gasteiger partial charge in [-0.2, -0.15) is 0 Å². The summed E-state index contributed by atoms with van der Waals surface area (Å²) in [5, 5.41) is 3.63. The Morgan fingerprint density at radius 1 is 1.45 bits per heavy atom. The molecule has 1 aromatic rings. The molecule has 1 aliphatic carbocycles. The third-order valence-corrected chi connectivity index (χ3v) is 3.85. The molecule has 1 aliphatic rings. The van der Waals surface area contributed by atoms with Crippen LogP contribution in [0.1, 0.15) is 18.4 Å². The van der Waals surface area contributed by atoms with Crippen LogP contribution in [0.5, 0.6) is 0 Å². The number of benzene rings is 1. The van der Waals surface area contributed by atoms with Crippen molar-refractivity contribution in [1.82, 2.24) is 5.32 Å². The van der Waals surface area contributed by atoms with E-state index in [-0.39, 0.29) is 30.3 Å². The minimum absolute atomic E-state index is 0. The molecule has 0 saturated heterocycles. The lowest BCUT2D eigenvalue weighted by Gasteiger charge is -2.18. The molecule has 1 unspecified atom stereocenters. The molecule has 4 nitrogen and oxygen atoms in total. The molecule has 112 valence electrons.